The number of halogens is 1. The lowest BCUT2D eigenvalue weighted by Crippen LogP contribution is -2.53. The van der Waals surface area contributed by atoms with Crippen molar-refractivity contribution in [2.45, 2.75) is 51.5 Å². The molecule has 1 aromatic carbocycles. The first-order valence-corrected chi connectivity index (χ1v) is 11.6. The number of hydrazine groups is 1. The third-order valence-electron chi connectivity index (χ3n) is 6.42. The van der Waals surface area contributed by atoms with Crippen molar-refractivity contribution in [2.24, 2.45) is 5.92 Å². The molecule has 3 amide bonds. The fourth-order valence-corrected chi connectivity index (χ4v) is 4.47. The van der Waals surface area contributed by atoms with Gasteiger partial charge in [-0.25, -0.2) is 15.2 Å². The van der Waals surface area contributed by atoms with Crippen LogP contribution in [0.5, 0.6) is 5.75 Å². The highest BCUT2D eigenvalue weighted by molar-refractivity contribution is 5.95. The van der Waals surface area contributed by atoms with E-state index in [0.717, 1.165) is 31.2 Å². The summed E-state index contributed by atoms with van der Waals surface area (Å²) in [5, 5.41) is 2.94. The number of nitrogens with one attached hydrogen (secondary N) is 3. The van der Waals surface area contributed by atoms with Gasteiger partial charge in [-0.1, -0.05) is 0 Å². The van der Waals surface area contributed by atoms with Crippen LogP contribution >= 0.6 is 0 Å². The van der Waals surface area contributed by atoms with Crippen LogP contribution in [0.1, 0.15) is 60.0 Å². The number of hydrogen-bond donors (Lipinski definition) is 3. The Morgan fingerprint density at radius 1 is 1.12 bits per heavy atom. The van der Waals surface area contributed by atoms with E-state index in [1.54, 1.807) is 38.3 Å². The monoisotopic (exact) mass is 472 g/mol. The molecule has 9 heteroatoms. The highest BCUT2D eigenvalue weighted by Gasteiger charge is 2.30. The van der Waals surface area contributed by atoms with Crippen molar-refractivity contribution in [3.63, 3.8) is 0 Å². The SMILES string of the molecule is CCOCC(NC(=O)NNC(=O)c1ccc(OC)cc1)[C@H]1CC[C@@H](c2ccnc(F)c2C)CC1. The zero-order chi connectivity index (χ0) is 24.5. The summed E-state index contributed by atoms with van der Waals surface area (Å²) in [5.41, 5.74) is 6.86. The zero-order valence-corrected chi connectivity index (χ0v) is 19.9. The van der Waals surface area contributed by atoms with Crippen LogP contribution in [0.15, 0.2) is 36.5 Å². The van der Waals surface area contributed by atoms with E-state index in [9.17, 15) is 14.0 Å². The van der Waals surface area contributed by atoms with Crippen LogP contribution in [0.3, 0.4) is 0 Å². The first-order valence-electron chi connectivity index (χ1n) is 11.6. The number of hydrogen-bond acceptors (Lipinski definition) is 5. The second kappa shape index (κ2) is 12.3. The lowest BCUT2D eigenvalue weighted by atomic mass is 9.75. The standard InChI is InChI=1S/C25H33FN4O4/c1-4-34-15-22(18-7-5-17(6-8-18)21-13-14-27-23(26)16(21)2)28-25(32)30-29-24(31)19-9-11-20(33-3)12-10-19/h9-14,17-18,22H,4-8,15H2,1-3H3,(H,29,31)(H2,28,30,32)/t17-,18+,22?. The molecule has 0 bridgehead atoms. The average Bonchev–Trinajstić information content (AvgIpc) is 2.87. The number of aromatic nitrogens is 1. The van der Waals surface area contributed by atoms with Gasteiger partial charge in [-0.3, -0.25) is 10.2 Å². The van der Waals surface area contributed by atoms with E-state index >= 15 is 0 Å². The lowest BCUT2D eigenvalue weighted by molar-refractivity contribution is 0.0902. The smallest absolute Gasteiger partial charge is 0.333 e. The molecule has 1 atom stereocenters. The Labute approximate surface area is 199 Å². The summed E-state index contributed by atoms with van der Waals surface area (Å²) >= 11 is 0. The van der Waals surface area contributed by atoms with E-state index in [-0.39, 0.29) is 17.9 Å². The van der Waals surface area contributed by atoms with Gasteiger partial charge in [-0.2, -0.15) is 4.39 Å². The molecule has 1 aliphatic carbocycles. The highest BCUT2D eigenvalue weighted by atomic mass is 19.1. The minimum Gasteiger partial charge on any atom is -0.497 e. The molecule has 184 valence electrons. The molecular formula is C25H33FN4O4. The third-order valence-corrected chi connectivity index (χ3v) is 6.42. The van der Waals surface area contributed by atoms with Crippen LogP contribution in [0.2, 0.25) is 0 Å². The van der Waals surface area contributed by atoms with Crippen LogP contribution in [0.4, 0.5) is 9.18 Å². The number of methoxy groups -OCH3 is 1. The van der Waals surface area contributed by atoms with Crippen LogP contribution in [0.25, 0.3) is 0 Å². The van der Waals surface area contributed by atoms with Crippen molar-refractivity contribution in [1.29, 1.82) is 0 Å². The Hall–Kier alpha value is -3.20. The maximum atomic E-state index is 13.9. The molecule has 1 unspecified atom stereocenters. The zero-order valence-electron chi connectivity index (χ0n) is 19.9. The van der Waals surface area contributed by atoms with Crippen molar-refractivity contribution >= 4 is 11.9 Å². The molecule has 1 aromatic heterocycles. The first kappa shape index (κ1) is 25.4. The number of nitrogens with zero attached hydrogens (tertiary/aromatic N) is 1. The second-order valence-electron chi connectivity index (χ2n) is 8.47. The molecule has 1 aliphatic rings. The van der Waals surface area contributed by atoms with Gasteiger partial charge in [0.2, 0.25) is 5.95 Å². The van der Waals surface area contributed by atoms with Crippen molar-refractivity contribution in [3.05, 3.63) is 59.2 Å². The lowest BCUT2D eigenvalue weighted by Gasteiger charge is -2.34. The van der Waals surface area contributed by atoms with Crippen molar-refractivity contribution in [1.82, 2.24) is 21.2 Å². The summed E-state index contributed by atoms with van der Waals surface area (Å²) in [6.45, 7) is 4.60. The third kappa shape index (κ3) is 6.66. The summed E-state index contributed by atoms with van der Waals surface area (Å²) in [6.07, 6.45) is 5.08. The molecule has 3 rings (SSSR count). The number of carbonyl (C=O) groups excluding carboxylic acids is 2. The number of ether oxygens (including phenoxy) is 2. The molecule has 34 heavy (non-hydrogen) atoms. The summed E-state index contributed by atoms with van der Waals surface area (Å²) in [7, 11) is 1.55. The number of amides is 3. The minimum absolute atomic E-state index is 0.200. The first-order chi connectivity index (χ1) is 16.4. The van der Waals surface area contributed by atoms with Crippen LogP contribution < -0.4 is 20.9 Å². The Kier molecular flexibility index (Phi) is 9.21. The fraction of sp³-hybridized carbons (Fsp3) is 0.480. The summed E-state index contributed by atoms with van der Waals surface area (Å²) in [5.74, 6) is 0.292. The van der Waals surface area contributed by atoms with Gasteiger partial charge in [0.15, 0.2) is 0 Å². The molecule has 0 saturated heterocycles. The van der Waals surface area contributed by atoms with Gasteiger partial charge < -0.3 is 14.8 Å². The molecule has 1 fully saturated rings. The molecule has 1 heterocycles. The van der Waals surface area contributed by atoms with Gasteiger partial charge in [-0.15, -0.1) is 0 Å². The molecule has 0 spiro atoms. The number of rotatable bonds is 8. The van der Waals surface area contributed by atoms with Crippen LogP contribution in [-0.4, -0.2) is 43.3 Å². The van der Waals surface area contributed by atoms with Gasteiger partial charge in [0.05, 0.1) is 19.8 Å². The maximum Gasteiger partial charge on any atom is 0.333 e. The van der Waals surface area contributed by atoms with Gasteiger partial charge in [0.1, 0.15) is 5.75 Å². The summed E-state index contributed by atoms with van der Waals surface area (Å²) < 4.78 is 24.6. The molecule has 0 radical (unpaired) electrons. The predicted molar refractivity (Wildman–Crippen MR) is 126 cm³/mol. The summed E-state index contributed by atoms with van der Waals surface area (Å²) in [4.78, 5) is 28.5. The number of pyridine rings is 1. The number of carbonyl (C=O) groups is 2. The van der Waals surface area contributed by atoms with Crippen LogP contribution in [0, 0.1) is 18.8 Å². The second-order valence-corrected chi connectivity index (χ2v) is 8.47. The number of benzene rings is 1. The molecule has 1 saturated carbocycles. The predicted octanol–water partition coefficient (Wildman–Crippen LogP) is 3.86. The van der Waals surface area contributed by atoms with Crippen LogP contribution in [-0.2, 0) is 4.74 Å². The summed E-state index contributed by atoms with van der Waals surface area (Å²) in [6, 6.07) is 7.77. The van der Waals surface area contributed by atoms with Crippen molar-refractivity contribution in [3.8, 4) is 5.75 Å². The number of urea groups is 1. The molecule has 2 aromatic rings. The largest absolute Gasteiger partial charge is 0.497 e. The van der Waals surface area contributed by atoms with E-state index in [2.05, 4.69) is 21.2 Å². The molecular weight excluding hydrogens is 439 g/mol. The quantitative estimate of drug-likeness (QED) is 0.400. The Morgan fingerprint density at radius 2 is 1.82 bits per heavy atom. The molecule has 3 N–H and O–H groups in total. The fourth-order valence-electron chi connectivity index (χ4n) is 4.47. The average molecular weight is 473 g/mol. The Bertz CT molecular complexity index is 962. The van der Waals surface area contributed by atoms with E-state index in [1.165, 1.54) is 6.20 Å². The van der Waals surface area contributed by atoms with Gasteiger partial charge in [0.25, 0.3) is 5.91 Å². The van der Waals surface area contributed by atoms with Gasteiger partial charge in [0, 0.05) is 23.9 Å². The molecule has 0 aliphatic heterocycles. The van der Waals surface area contributed by atoms with Crippen molar-refractivity contribution < 1.29 is 23.5 Å². The van der Waals surface area contributed by atoms with E-state index in [4.69, 9.17) is 9.47 Å². The minimum atomic E-state index is -0.499. The van der Waals surface area contributed by atoms with E-state index < -0.39 is 17.9 Å². The molecule has 8 nitrogen and oxygen atoms in total. The van der Waals surface area contributed by atoms with E-state index in [1.807, 2.05) is 13.0 Å². The Balaban J connectivity index is 1.53. The van der Waals surface area contributed by atoms with E-state index in [0.29, 0.717) is 30.1 Å². The van der Waals surface area contributed by atoms with Gasteiger partial charge >= 0.3 is 6.03 Å². The van der Waals surface area contributed by atoms with Crippen molar-refractivity contribution in [2.75, 3.05) is 20.3 Å². The highest BCUT2D eigenvalue weighted by Crippen LogP contribution is 2.38. The normalized spacial score (nSPS) is 18.6. The topological polar surface area (TPSA) is 102 Å². The van der Waals surface area contributed by atoms with Gasteiger partial charge in [-0.05, 0) is 87.3 Å². The Morgan fingerprint density at radius 3 is 2.47 bits per heavy atom. The maximum absolute atomic E-state index is 13.9.